The smallest absolute Gasteiger partial charge is 0.261 e. The fourth-order valence-electron chi connectivity index (χ4n) is 5.57. The van der Waals surface area contributed by atoms with Crippen molar-refractivity contribution in [2.45, 2.75) is 43.2 Å². The van der Waals surface area contributed by atoms with E-state index in [-0.39, 0.29) is 16.9 Å². The monoisotopic (exact) mass is 518 g/mol. The van der Waals surface area contributed by atoms with Gasteiger partial charge in [-0.3, -0.25) is 4.72 Å². The molecule has 186 valence electrons. The summed E-state index contributed by atoms with van der Waals surface area (Å²) in [5.74, 6) is 3.51. The van der Waals surface area contributed by atoms with E-state index >= 15 is 0 Å². The summed E-state index contributed by atoms with van der Waals surface area (Å²) >= 11 is 1.91. The van der Waals surface area contributed by atoms with Crippen molar-refractivity contribution in [3.63, 3.8) is 0 Å². The number of hydrogen-bond donors (Lipinski definition) is 2. The molecule has 3 atom stereocenters. The van der Waals surface area contributed by atoms with E-state index in [4.69, 9.17) is 4.74 Å². The maximum Gasteiger partial charge on any atom is 0.261 e. The number of ether oxygens (including phenoxy) is 1. The van der Waals surface area contributed by atoms with E-state index in [0.29, 0.717) is 17.7 Å². The minimum absolute atomic E-state index is 0.132. The van der Waals surface area contributed by atoms with E-state index in [1.807, 2.05) is 62.0 Å². The Morgan fingerprint density at radius 2 is 1.81 bits per heavy atom. The summed E-state index contributed by atoms with van der Waals surface area (Å²) in [4.78, 5) is 0.286. The highest BCUT2D eigenvalue weighted by Crippen LogP contribution is 2.50. The zero-order valence-corrected chi connectivity index (χ0v) is 22.0. The second kappa shape index (κ2) is 9.20. The van der Waals surface area contributed by atoms with Crippen LogP contribution in [0.3, 0.4) is 0 Å². The minimum atomic E-state index is -3.71. The predicted molar refractivity (Wildman–Crippen MR) is 148 cm³/mol. The molecule has 2 heterocycles. The normalized spacial score (nSPS) is 22.8. The molecule has 3 aliphatic rings. The summed E-state index contributed by atoms with van der Waals surface area (Å²) in [5.41, 5.74) is 5.86. The Morgan fingerprint density at radius 1 is 1.00 bits per heavy atom. The third kappa shape index (κ3) is 4.50. The molecule has 0 unspecified atom stereocenters. The molecule has 1 aliphatic carbocycles. The van der Waals surface area contributed by atoms with Crippen LogP contribution in [-0.4, -0.2) is 26.0 Å². The molecule has 1 saturated heterocycles. The van der Waals surface area contributed by atoms with Crippen LogP contribution in [0, 0.1) is 19.8 Å². The van der Waals surface area contributed by atoms with Crippen molar-refractivity contribution in [2.24, 2.45) is 5.92 Å². The number of hydrogen-bond acceptors (Lipinski definition) is 5. The molecule has 1 fully saturated rings. The van der Waals surface area contributed by atoms with Gasteiger partial charge >= 0.3 is 0 Å². The first-order valence-electron chi connectivity index (χ1n) is 12.4. The Labute approximate surface area is 217 Å². The van der Waals surface area contributed by atoms with Gasteiger partial charge in [0.2, 0.25) is 0 Å². The maximum atomic E-state index is 13.3. The fraction of sp³-hybridized carbons (Fsp3) is 0.310. The van der Waals surface area contributed by atoms with Gasteiger partial charge < -0.3 is 10.1 Å². The average Bonchev–Trinajstić information content (AvgIpc) is 3.30. The molecule has 3 aromatic carbocycles. The van der Waals surface area contributed by atoms with Crippen LogP contribution in [0.25, 0.3) is 0 Å². The lowest BCUT2D eigenvalue weighted by Gasteiger charge is -2.38. The van der Waals surface area contributed by atoms with Gasteiger partial charge in [-0.15, -0.1) is 0 Å². The molecule has 36 heavy (non-hydrogen) atoms. The number of benzene rings is 3. The van der Waals surface area contributed by atoms with Gasteiger partial charge in [-0.2, -0.15) is 11.8 Å². The van der Waals surface area contributed by atoms with Crippen molar-refractivity contribution < 1.29 is 13.2 Å². The Bertz CT molecular complexity index is 1430. The first-order valence-corrected chi connectivity index (χ1v) is 15.0. The summed E-state index contributed by atoms with van der Waals surface area (Å²) in [6, 6.07) is 19.7. The van der Waals surface area contributed by atoms with Crippen molar-refractivity contribution in [3.8, 4) is 5.75 Å². The molecular formula is C29H30N2O3S2. The van der Waals surface area contributed by atoms with Crippen LogP contribution >= 0.6 is 11.8 Å². The number of anilines is 2. The van der Waals surface area contributed by atoms with E-state index in [1.54, 1.807) is 6.07 Å². The Hall–Kier alpha value is -2.90. The van der Waals surface area contributed by atoms with Crippen LogP contribution in [0.15, 0.2) is 77.7 Å². The number of rotatable bonds is 6. The first-order chi connectivity index (χ1) is 17.4. The first kappa shape index (κ1) is 23.5. The van der Waals surface area contributed by atoms with E-state index in [9.17, 15) is 8.42 Å². The molecule has 5 nitrogen and oxygen atoms in total. The van der Waals surface area contributed by atoms with Gasteiger partial charge in [0.15, 0.2) is 0 Å². The SMILES string of the molecule is Cc1cc(C)cc(NS(=O)(=O)c2ccc3c(c2)[C@H]2C=CC[C@H]2[C@@H](c2cccc(OC4CSC4)c2)N3)c1. The van der Waals surface area contributed by atoms with Crippen molar-refractivity contribution in [1.82, 2.24) is 0 Å². The largest absolute Gasteiger partial charge is 0.489 e. The molecule has 0 radical (unpaired) electrons. The molecule has 0 amide bonds. The van der Waals surface area contributed by atoms with Crippen LogP contribution in [0.5, 0.6) is 5.75 Å². The Morgan fingerprint density at radius 3 is 2.56 bits per heavy atom. The van der Waals surface area contributed by atoms with Crippen molar-refractivity contribution in [1.29, 1.82) is 0 Å². The average molecular weight is 519 g/mol. The van der Waals surface area contributed by atoms with Crippen molar-refractivity contribution >= 4 is 33.2 Å². The third-order valence-electron chi connectivity index (χ3n) is 7.25. The zero-order chi connectivity index (χ0) is 24.9. The van der Waals surface area contributed by atoms with Gasteiger partial charge in [-0.1, -0.05) is 30.4 Å². The van der Waals surface area contributed by atoms with Crippen molar-refractivity contribution in [3.05, 3.63) is 95.1 Å². The number of allylic oxidation sites excluding steroid dienone is 2. The Balaban J connectivity index is 1.29. The molecule has 0 bridgehead atoms. The zero-order valence-electron chi connectivity index (χ0n) is 20.4. The van der Waals surface area contributed by atoms with Gasteiger partial charge in [-0.05, 0) is 90.9 Å². The van der Waals surface area contributed by atoms with Gasteiger partial charge in [0, 0.05) is 28.8 Å². The number of sulfonamides is 1. The van der Waals surface area contributed by atoms with Crippen LogP contribution in [0.1, 0.15) is 40.6 Å². The van der Waals surface area contributed by atoms with E-state index in [1.165, 1.54) is 5.56 Å². The maximum absolute atomic E-state index is 13.3. The minimum Gasteiger partial charge on any atom is -0.489 e. The van der Waals surface area contributed by atoms with E-state index < -0.39 is 10.0 Å². The van der Waals surface area contributed by atoms with Gasteiger partial charge in [0.25, 0.3) is 10.0 Å². The Kier molecular flexibility index (Phi) is 6.00. The molecule has 7 heteroatoms. The second-order valence-electron chi connectivity index (χ2n) is 10.1. The summed E-state index contributed by atoms with van der Waals surface area (Å²) in [6.07, 6.45) is 5.71. The third-order valence-corrected chi connectivity index (χ3v) is 9.84. The molecule has 3 aromatic rings. The highest BCUT2D eigenvalue weighted by atomic mass is 32.2. The van der Waals surface area contributed by atoms with Gasteiger partial charge in [0.1, 0.15) is 11.9 Å². The molecule has 2 N–H and O–H groups in total. The summed E-state index contributed by atoms with van der Waals surface area (Å²) in [5, 5.41) is 3.72. The van der Waals surface area contributed by atoms with Crippen LogP contribution < -0.4 is 14.8 Å². The fourth-order valence-corrected chi connectivity index (χ4v) is 7.21. The lowest BCUT2D eigenvalue weighted by molar-refractivity contribution is 0.240. The molecule has 0 aromatic heterocycles. The number of thioether (sulfide) groups is 1. The molecule has 0 saturated carbocycles. The summed E-state index contributed by atoms with van der Waals surface area (Å²) in [6.45, 7) is 3.93. The van der Waals surface area contributed by atoms with Crippen LogP contribution in [0.4, 0.5) is 11.4 Å². The molecule has 2 aliphatic heterocycles. The molecular weight excluding hydrogens is 488 g/mol. The number of nitrogens with one attached hydrogen (secondary N) is 2. The van der Waals surface area contributed by atoms with Crippen LogP contribution in [-0.2, 0) is 10.0 Å². The quantitative estimate of drug-likeness (QED) is 0.368. The standard InChI is InChI=1S/C29H30N2O3S2/c1-18-11-19(2)13-21(12-18)31-36(32,33)24-9-10-28-27(15-24)25-7-4-8-26(25)29(30-28)20-5-3-6-22(14-20)34-23-16-35-17-23/h3-7,9-15,23,25-26,29-31H,8,16-17H2,1-2H3/t25-,26+,29+/m0/s1. The van der Waals surface area contributed by atoms with Gasteiger partial charge in [0.05, 0.1) is 10.9 Å². The number of aryl methyl sites for hydroxylation is 2. The topological polar surface area (TPSA) is 67.4 Å². The van der Waals surface area contributed by atoms with Crippen molar-refractivity contribution in [2.75, 3.05) is 21.5 Å². The predicted octanol–water partition coefficient (Wildman–Crippen LogP) is 6.42. The van der Waals surface area contributed by atoms with E-state index in [2.05, 4.69) is 40.4 Å². The second-order valence-corrected chi connectivity index (χ2v) is 12.8. The van der Waals surface area contributed by atoms with E-state index in [0.717, 1.165) is 46.1 Å². The lowest BCUT2D eigenvalue weighted by Crippen LogP contribution is -2.31. The van der Waals surface area contributed by atoms with Gasteiger partial charge in [-0.25, -0.2) is 8.42 Å². The molecule has 6 rings (SSSR count). The molecule has 0 spiro atoms. The summed E-state index contributed by atoms with van der Waals surface area (Å²) < 4.78 is 35.5. The van der Waals surface area contributed by atoms with Crippen LogP contribution in [0.2, 0.25) is 0 Å². The lowest BCUT2D eigenvalue weighted by atomic mass is 9.77. The number of fused-ring (bicyclic) bond motifs is 3. The highest BCUT2D eigenvalue weighted by molar-refractivity contribution is 8.00. The summed E-state index contributed by atoms with van der Waals surface area (Å²) in [7, 11) is -3.71. The highest BCUT2D eigenvalue weighted by Gasteiger charge is 2.38.